The van der Waals surface area contributed by atoms with E-state index in [4.69, 9.17) is 9.47 Å². The van der Waals surface area contributed by atoms with Crippen molar-refractivity contribution in [3.8, 4) is 5.75 Å². The zero-order valence-corrected chi connectivity index (χ0v) is 13.4. The van der Waals surface area contributed by atoms with Gasteiger partial charge in [0.1, 0.15) is 5.75 Å². The Balaban J connectivity index is 2.31. The summed E-state index contributed by atoms with van der Waals surface area (Å²) >= 11 is 0. The third-order valence-corrected chi connectivity index (χ3v) is 4.09. The summed E-state index contributed by atoms with van der Waals surface area (Å²) in [5.74, 6) is -0.368. The van der Waals surface area contributed by atoms with Crippen molar-refractivity contribution in [3.63, 3.8) is 0 Å². The van der Waals surface area contributed by atoms with E-state index in [2.05, 4.69) is 11.9 Å². The van der Waals surface area contributed by atoms with E-state index in [9.17, 15) is 18.0 Å². The van der Waals surface area contributed by atoms with E-state index in [1.807, 2.05) is 0 Å². The molecule has 0 bridgehead atoms. The van der Waals surface area contributed by atoms with Gasteiger partial charge in [-0.25, -0.2) is 4.79 Å². The maximum absolute atomic E-state index is 12.7. The van der Waals surface area contributed by atoms with Gasteiger partial charge in [0.25, 0.3) is 0 Å². The van der Waals surface area contributed by atoms with Gasteiger partial charge in [0.15, 0.2) is 0 Å². The third kappa shape index (κ3) is 3.72. The number of piperidine rings is 1. The summed E-state index contributed by atoms with van der Waals surface area (Å²) in [7, 11) is 1.26. The molecule has 1 heterocycles. The van der Waals surface area contributed by atoms with Gasteiger partial charge in [-0.1, -0.05) is 6.08 Å². The maximum atomic E-state index is 12.7. The summed E-state index contributed by atoms with van der Waals surface area (Å²) in [6.07, 6.45) is -1.20. The summed E-state index contributed by atoms with van der Waals surface area (Å²) in [5.41, 5.74) is -2.06. The minimum atomic E-state index is -4.42. The van der Waals surface area contributed by atoms with Crippen LogP contribution in [0, 0.1) is 0 Å². The van der Waals surface area contributed by atoms with Gasteiger partial charge in [0.05, 0.1) is 18.7 Å². The Bertz CT molecular complexity index is 586. The molecule has 1 N–H and O–H groups in total. The maximum Gasteiger partial charge on any atom is 0.416 e. The average Bonchev–Trinajstić information content (AvgIpc) is 2.56. The molecular formula is C17H20F3NO3. The van der Waals surface area contributed by atoms with Crippen LogP contribution in [-0.4, -0.2) is 31.3 Å². The number of ether oxygens (including phenoxy) is 2. The molecule has 1 aromatic carbocycles. The fourth-order valence-corrected chi connectivity index (χ4v) is 2.91. The van der Waals surface area contributed by atoms with Crippen molar-refractivity contribution in [3.05, 3.63) is 42.5 Å². The number of hydrogen-bond donors (Lipinski definition) is 1. The van der Waals surface area contributed by atoms with E-state index in [1.165, 1.54) is 19.2 Å². The van der Waals surface area contributed by atoms with E-state index in [-0.39, 0.29) is 11.8 Å². The summed E-state index contributed by atoms with van der Waals surface area (Å²) in [6.45, 7) is 4.39. The standard InChI is InChI=1S/C17H20F3NO3/c1-3-5-14-16(15(22)23-2,10-4-11-21-14)24-13-8-6-12(7-9-13)17(18,19)20/h3,6-9,14,21H,1,4-5,10-11H2,2H3/t14-,16+/m1/s1. The largest absolute Gasteiger partial charge is 0.474 e. The topological polar surface area (TPSA) is 47.6 Å². The first-order valence-electron chi connectivity index (χ1n) is 7.62. The molecule has 0 amide bonds. The highest BCUT2D eigenvalue weighted by atomic mass is 19.4. The molecule has 1 fully saturated rings. The van der Waals surface area contributed by atoms with E-state index in [0.29, 0.717) is 25.8 Å². The molecule has 4 nitrogen and oxygen atoms in total. The van der Waals surface area contributed by atoms with Crippen molar-refractivity contribution in [2.75, 3.05) is 13.7 Å². The quantitative estimate of drug-likeness (QED) is 0.658. The highest BCUT2D eigenvalue weighted by molar-refractivity contribution is 5.81. The van der Waals surface area contributed by atoms with Crippen LogP contribution in [0.15, 0.2) is 36.9 Å². The number of esters is 1. The number of halogens is 3. The Kier molecular flexibility index (Phi) is 5.54. The van der Waals surface area contributed by atoms with Crippen molar-refractivity contribution < 1.29 is 27.4 Å². The number of nitrogens with one attached hydrogen (secondary N) is 1. The first-order valence-corrected chi connectivity index (χ1v) is 7.62. The van der Waals surface area contributed by atoms with E-state index in [1.54, 1.807) is 6.08 Å². The van der Waals surface area contributed by atoms with Crippen LogP contribution in [0.1, 0.15) is 24.8 Å². The van der Waals surface area contributed by atoms with Crippen LogP contribution in [0.5, 0.6) is 5.75 Å². The molecule has 2 atom stereocenters. The van der Waals surface area contributed by atoms with Crippen LogP contribution in [0.2, 0.25) is 0 Å². The molecule has 24 heavy (non-hydrogen) atoms. The Morgan fingerprint density at radius 1 is 1.42 bits per heavy atom. The lowest BCUT2D eigenvalue weighted by Gasteiger charge is -2.41. The summed E-state index contributed by atoms with van der Waals surface area (Å²) in [6, 6.07) is 3.93. The fraction of sp³-hybridized carbons (Fsp3) is 0.471. The molecule has 0 saturated carbocycles. The molecule has 1 aliphatic heterocycles. The molecule has 0 radical (unpaired) electrons. The highest BCUT2D eigenvalue weighted by Gasteiger charge is 2.50. The zero-order chi connectivity index (χ0) is 17.8. The Labute approximate surface area is 138 Å². The highest BCUT2D eigenvalue weighted by Crippen LogP contribution is 2.34. The number of carbonyl (C=O) groups excluding carboxylic acids is 1. The predicted octanol–water partition coefficient (Wildman–Crippen LogP) is 3.32. The van der Waals surface area contributed by atoms with Crippen molar-refractivity contribution in [2.24, 2.45) is 0 Å². The predicted molar refractivity (Wildman–Crippen MR) is 82.7 cm³/mol. The van der Waals surface area contributed by atoms with Gasteiger partial charge in [-0.15, -0.1) is 6.58 Å². The van der Waals surface area contributed by atoms with Crippen molar-refractivity contribution >= 4 is 5.97 Å². The Morgan fingerprint density at radius 2 is 2.08 bits per heavy atom. The zero-order valence-electron chi connectivity index (χ0n) is 13.4. The normalized spacial score (nSPS) is 24.2. The lowest BCUT2D eigenvalue weighted by Crippen LogP contribution is -2.63. The van der Waals surface area contributed by atoms with Gasteiger partial charge in [-0.3, -0.25) is 0 Å². The monoisotopic (exact) mass is 343 g/mol. The molecule has 132 valence electrons. The van der Waals surface area contributed by atoms with Gasteiger partial charge in [-0.05, 0) is 43.7 Å². The summed E-state index contributed by atoms with van der Waals surface area (Å²) in [5, 5.41) is 3.20. The SMILES string of the molecule is C=CC[C@H]1NCCC[C@@]1(Oc1ccc(C(F)(F)F)cc1)C(=O)OC. The molecule has 0 aliphatic carbocycles. The second-order valence-electron chi connectivity index (χ2n) is 5.64. The molecule has 0 aromatic heterocycles. The number of carbonyl (C=O) groups is 1. The van der Waals surface area contributed by atoms with Crippen LogP contribution in [0.25, 0.3) is 0 Å². The van der Waals surface area contributed by atoms with Gasteiger partial charge in [0.2, 0.25) is 5.60 Å². The van der Waals surface area contributed by atoms with E-state index < -0.39 is 23.3 Å². The molecule has 1 aromatic rings. The summed E-state index contributed by atoms with van der Waals surface area (Å²) in [4.78, 5) is 12.4. The van der Waals surface area contributed by atoms with E-state index >= 15 is 0 Å². The lowest BCUT2D eigenvalue weighted by atomic mass is 9.83. The lowest BCUT2D eigenvalue weighted by molar-refractivity contribution is -0.164. The van der Waals surface area contributed by atoms with Crippen molar-refractivity contribution in [2.45, 2.75) is 37.1 Å². The smallest absolute Gasteiger partial charge is 0.416 e. The fourth-order valence-electron chi connectivity index (χ4n) is 2.91. The number of methoxy groups -OCH3 is 1. The van der Waals surface area contributed by atoms with Crippen LogP contribution >= 0.6 is 0 Å². The van der Waals surface area contributed by atoms with Gasteiger partial charge >= 0.3 is 12.1 Å². The minimum Gasteiger partial charge on any atom is -0.474 e. The molecule has 7 heteroatoms. The third-order valence-electron chi connectivity index (χ3n) is 4.09. The first-order chi connectivity index (χ1) is 11.3. The number of hydrogen-bond acceptors (Lipinski definition) is 4. The molecule has 0 unspecified atom stereocenters. The van der Waals surface area contributed by atoms with Gasteiger partial charge in [-0.2, -0.15) is 13.2 Å². The van der Waals surface area contributed by atoms with Crippen LogP contribution in [0.4, 0.5) is 13.2 Å². The van der Waals surface area contributed by atoms with Crippen LogP contribution in [-0.2, 0) is 15.7 Å². The molecule has 2 rings (SSSR count). The Hall–Kier alpha value is -2.02. The number of alkyl halides is 3. The van der Waals surface area contributed by atoms with E-state index in [0.717, 1.165) is 12.1 Å². The van der Waals surface area contributed by atoms with Crippen LogP contribution in [0.3, 0.4) is 0 Å². The second-order valence-corrected chi connectivity index (χ2v) is 5.64. The number of benzene rings is 1. The molecular weight excluding hydrogens is 323 g/mol. The summed E-state index contributed by atoms with van der Waals surface area (Å²) < 4.78 is 48.8. The number of rotatable bonds is 5. The van der Waals surface area contributed by atoms with Crippen LogP contribution < -0.4 is 10.1 Å². The first kappa shape index (κ1) is 18.3. The molecule has 0 spiro atoms. The van der Waals surface area contributed by atoms with Crippen molar-refractivity contribution in [1.29, 1.82) is 0 Å². The van der Waals surface area contributed by atoms with Crippen molar-refractivity contribution in [1.82, 2.24) is 5.32 Å². The Morgan fingerprint density at radius 3 is 2.62 bits per heavy atom. The minimum absolute atomic E-state index is 0.186. The average molecular weight is 343 g/mol. The molecule has 1 aliphatic rings. The van der Waals surface area contributed by atoms with Gasteiger partial charge < -0.3 is 14.8 Å². The van der Waals surface area contributed by atoms with Gasteiger partial charge in [0, 0.05) is 6.42 Å². The molecule has 1 saturated heterocycles. The second kappa shape index (κ2) is 7.25.